The molecule has 158 valence electrons. The summed E-state index contributed by atoms with van der Waals surface area (Å²) in [4.78, 5) is 0. The number of ether oxygens (including phenoxy) is 1. The van der Waals surface area contributed by atoms with Crippen molar-refractivity contribution in [2.75, 3.05) is 20.6 Å². The Bertz CT molecular complexity index is 645. The summed E-state index contributed by atoms with van der Waals surface area (Å²) in [5.74, 6) is 1.27. The molecule has 0 radical (unpaired) electrons. The molecule has 0 amide bonds. The van der Waals surface area contributed by atoms with Crippen molar-refractivity contribution in [2.24, 2.45) is 11.8 Å². The third-order valence-electron chi connectivity index (χ3n) is 5.57. The SMILES string of the molecule is CC[N+](C)(C)C(OC1(CC(C)C)C=CC=CC1)c1ccc(CC(C)C)cc1.[Cl-]. The molecule has 1 aromatic rings. The fourth-order valence-electron chi connectivity index (χ4n) is 3.92. The fraction of sp³-hybridized carbons (Fsp3) is 0.600. The molecule has 0 fully saturated rings. The van der Waals surface area contributed by atoms with Crippen molar-refractivity contribution in [3.05, 3.63) is 59.7 Å². The molecule has 0 saturated carbocycles. The Hall–Kier alpha value is -1.09. The van der Waals surface area contributed by atoms with E-state index < -0.39 is 0 Å². The normalized spacial score (nSPS) is 20.5. The first-order valence-corrected chi connectivity index (χ1v) is 10.6. The van der Waals surface area contributed by atoms with E-state index in [1.807, 2.05) is 0 Å². The summed E-state index contributed by atoms with van der Waals surface area (Å²) in [5, 5.41) is 0. The standard InChI is InChI=1S/C25H40NO.ClH/c1-8-26(6,7)24(23-14-12-22(13-15-23)18-20(2)3)27-25(19-21(4)5)16-10-9-11-17-25;/h9-16,20-21,24H,8,17-19H2,1-7H3;1H/q+1;/p-1. The zero-order valence-corrected chi connectivity index (χ0v) is 19.7. The number of hydrogen-bond donors (Lipinski definition) is 0. The van der Waals surface area contributed by atoms with Crippen LogP contribution < -0.4 is 12.4 Å². The Balaban J connectivity index is 0.00000392. The number of nitrogens with zero attached hydrogens (tertiary/aromatic N) is 1. The fourth-order valence-corrected chi connectivity index (χ4v) is 3.92. The van der Waals surface area contributed by atoms with Crippen LogP contribution in [0, 0.1) is 11.8 Å². The summed E-state index contributed by atoms with van der Waals surface area (Å²) in [7, 11) is 4.55. The van der Waals surface area contributed by atoms with Crippen LogP contribution in [-0.4, -0.2) is 30.7 Å². The van der Waals surface area contributed by atoms with Crippen molar-refractivity contribution in [1.29, 1.82) is 0 Å². The Morgan fingerprint density at radius 1 is 1.00 bits per heavy atom. The van der Waals surface area contributed by atoms with Gasteiger partial charge >= 0.3 is 0 Å². The predicted octanol–water partition coefficient (Wildman–Crippen LogP) is 3.30. The van der Waals surface area contributed by atoms with Gasteiger partial charge in [-0.25, -0.2) is 0 Å². The smallest absolute Gasteiger partial charge is 0.220 e. The molecule has 0 aromatic heterocycles. The summed E-state index contributed by atoms with van der Waals surface area (Å²) >= 11 is 0. The zero-order valence-electron chi connectivity index (χ0n) is 18.9. The van der Waals surface area contributed by atoms with Gasteiger partial charge in [0.1, 0.15) is 0 Å². The number of quaternary nitrogens is 1. The highest BCUT2D eigenvalue weighted by atomic mass is 35.5. The molecule has 0 heterocycles. The van der Waals surface area contributed by atoms with E-state index in [-0.39, 0.29) is 24.2 Å². The van der Waals surface area contributed by atoms with Crippen LogP contribution in [0.5, 0.6) is 0 Å². The molecule has 2 rings (SSSR count). The molecule has 1 aliphatic rings. The summed E-state index contributed by atoms with van der Waals surface area (Å²) in [6, 6.07) is 9.13. The van der Waals surface area contributed by atoms with E-state index >= 15 is 0 Å². The average Bonchev–Trinajstić information content (AvgIpc) is 2.60. The number of halogens is 1. The third kappa shape index (κ3) is 6.76. The van der Waals surface area contributed by atoms with Gasteiger partial charge in [-0.3, -0.25) is 4.48 Å². The van der Waals surface area contributed by atoms with Gasteiger partial charge in [0, 0.05) is 5.56 Å². The highest BCUT2D eigenvalue weighted by molar-refractivity contribution is 5.25. The largest absolute Gasteiger partial charge is 1.00 e. The van der Waals surface area contributed by atoms with E-state index in [1.54, 1.807) is 0 Å². The van der Waals surface area contributed by atoms with Crippen LogP contribution in [0.1, 0.15) is 64.8 Å². The van der Waals surface area contributed by atoms with Crippen molar-refractivity contribution >= 4 is 0 Å². The molecule has 2 nitrogen and oxygen atoms in total. The highest BCUT2D eigenvalue weighted by Crippen LogP contribution is 2.38. The maximum absolute atomic E-state index is 6.99. The molecular formula is C25H40ClNO. The third-order valence-corrected chi connectivity index (χ3v) is 5.57. The molecular weight excluding hydrogens is 366 g/mol. The second kappa shape index (κ2) is 10.6. The molecule has 28 heavy (non-hydrogen) atoms. The number of rotatable bonds is 9. The van der Waals surface area contributed by atoms with Gasteiger partial charge < -0.3 is 17.1 Å². The number of benzene rings is 1. The highest BCUT2D eigenvalue weighted by Gasteiger charge is 2.39. The molecule has 0 aliphatic heterocycles. The molecule has 3 heteroatoms. The van der Waals surface area contributed by atoms with Gasteiger partial charge in [-0.2, -0.15) is 0 Å². The molecule has 2 unspecified atom stereocenters. The molecule has 2 atom stereocenters. The molecule has 1 aliphatic carbocycles. The van der Waals surface area contributed by atoms with Crippen LogP contribution in [0.3, 0.4) is 0 Å². The lowest BCUT2D eigenvalue weighted by atomic mass is 9.86. The Morgan fingerprint density at radius 2 is 1.64 bits per heavy atom. The van der Waals surface area contributed by atoms with Crippen LogP contribution in [0.25, 0.3) is 0 Å². The summed E-state index contributed by atoms with van der Waals surface area (Å²) in [5.41, 5.74) is 2.47. The van der Waals surface area contributed by atoms with Gasteiger partial charge in [0.15, 0.2) is 0 Å². The monoisotopic (exact) mass is 405 g/mol. The Morgan fingerprint density at radius 3 is 2.11 bits per heavy atom. The van der Waals surface area contributed by atoms with E-state index in [0.29, 0.717) is 11.8 Å². The van der Waals surface area contributed by atoms with Gasteiger partial charge in [-0.1, -0.05) is 76.3 Å². The first kappa shape index (κ1) is 24.9. The Labute approximate surface area is 179 Å². The van der Waals surface area contributed by atoms with Crippen molar-refractivity contribution in [3.63, 3.8) is 0 Å². The van der Waals surface area contributed by atoms with Gasteiger partial charge in [-0.15, -0.1) is 0 Å². The van der Waals surface area contributed by atoms with E-state index in [9.17, 15) is 0 Å². The van der Waals surface area contributed by atoms with Crippen molar-refractivity contribution in [1.82, 2.24) is 0 Å². The topological polar surface area (TPSA) is 9.23 Å². The van der Waals surface area contributed by atoms with Crippen molar-refractivity contribution in [3.8, 4) is 0 Å². The molecule has 0 saturated heterocycles. The van der Waals surface area contributed by atoms with E-state index in [2.05, 4.69) is 97.3 Å². The minimum atomic E-state index is -0.213. The van der Waals surface area contributed by atoms with E-state index in [1.165, 1.54) is 11.1 Å². The van der Waals surface area contributed by atoms with E-state index in [4.69, 9.17) is 4.74 Å². The predicted molar refractivity (Wildman–Crippen MR) is 117 cm³/mol. The van der Waals surface area contributed by atoms with Crippen LogP contribution >= 0.6 is 0 Å². The van der Waals surface area contributed by atoms with Gasteiger partial charge in [0.25, 0.3) is 0 Å². The van der Waals surface area contributed by atoms with E-state index in [0.717, 1.165) is 30.3 Å². The lowest BCUT2D eigenvalue weighted by molar-refractivity contribution is -0.945. The zero-order chi connectivity index (χ0) is 20.1. The summed E-state index contributed by atoms with van der Waals surface area (Å²) in [6.45, 7) is 12.4. The van der Waals surface area contributed by atoms with Crippen LogP contribution in [0.15, 0.2) is 48.6 Å². The minimum absolute atomic E-state index is 0. The second-order valence-electron chi connectivity index (χ2n) is 9.56. The van der Waals surface area contributed by atoms with Gasteiger partial charge in [0.05, 0.1) is 26.2 Å². The maximum atomic E-state index is 6.99. The van der Waals surface area contributed by atoms with Crippen molar-refractivity contribution < 1.29 is 21.6 Å². The lowest BCUT2D eigenvalue weighted by Crippen LogP contribution is -3.00. The molecule has 0 bridgehead atoms. The number of hydrogen-bond acceptors (Lipinski definition) is 1. The summed E-state index contributed by atoms with van der Waals surface area (Å²) in [6.07, 6.45) is 12.0. The van der Waals surface area contributed by atoms with Gasteiger partial charge in [-0.05, 0) is 43.6 Å². The maximum Gasteiger partial charge on any atom is 0.220 e. The van der Waals surface area contributed by atoms with Crippen LogP contribution in [0.2, 0.25) is 0 Å². The average molecular weight is 406 g/mol. The molecule has 0 spiro atoms. The molecule has 0 N–H and O–H groups in total. The van der Waals surface area contributed by atoms with Crippen molar-refractivity contribution in [2.45, 2.75) is 65.7 Å². The molecule has 1 aromatic carbocycles. The first-order valence-electron chi connectivity index (χ1n) is 10.6. The lowest BCUT2D eigenvalue weighted by Gasteiger charge is -2.43. The quantitative estimate of drug-likeness (QED) is 0.452. The second-order valence-corrected chi connectivity index (χ2v) is 9.56. The van der Waals surface area contributed by atoms with Gasteiger partial charge in [0.2, 0.25) is 6.23 Å². The number of allylic oxidation sites excluding steroid dienone is 2. The first-order chi connectivity index (χ1) is 12.7. The Kier molecular flexibility index (Phi) is 9.46. The van der Waals surface area contributed by atoms with Crippen LogP contribution in [-0.2, 0) is 11.2 Å². The van der Waals surface area contributed by atoms with Crippen LogP contribution in [0.4, 0.5) is 0 Å². The summed E-state index contributed by atoms with van der Waals surface area (Å²) < 4.78 is 7.81. The minimum Gasteiger partial charge on any atom is -1.00 e.